The van der Waals surface area contributed by atoms with Crippen LogP contribution in [0.1, 0.15) is 28.4 Å². The van der Waals surface area contributed by atoms with Crippen molar-refractivity contribution in [1.82, 2.24) is 5.32 Å². The van der Waals surface area contributed by atoms with Gasteiger partial charge in [-0.25, -0.2) is 0 Å². The predicted octanol–water partition coefficient (Wildman–Crippen LogP) is 2.42. The lowest BCUT2D eigenvalue weighted by Crippen LogP contribution is -2.38. The Labute approximate surface area is 159 Å². The Kier molecular flexibility index (Phi) is 7.52. The molecule has 3 N–H and O–H groups in total. The number of anilines is 1. The molecule has 1 unspecified atom stereocenters. The van der Waals surface area contributed by atoms with Gasteiger partial charge in [-0.3, -0.25) is 9.59 Å². The average molecular weight is 370 g/mol. The molecular weight excluding hydrogens is 344 g/mol. The maximum absolute atomic E-state index is 12.1. The predicted molar refractivity (Wildman–Crippen MR) is 105 cm³/mol. The van der Waals surface area contributed by atoms with Crippen molar-refractivity contribution < 1.29 is 19.4 Å². The number of nitrogens with one attached hydrogen (secondary N) is 2. The minimum absolute atomic E-state index is 0.121. The van der Waals surface area contributed by atoms with E-state index in [4.69, 9.17) is 9.84 Å². The van der Waals surface area contributed by atoms with Crippen LogP contribution in [0.25, 0.3) is 0 Å². The number of ether oxygens (including phenoxy) is 1. The number of aliphatic hydroxyl groups is 1. The minimum atomic E-state index is -0.738. The summed E-state index contributed by atoms with van der Waals surface area (Å²) in [7, 11) is 0. The first-order valence-corrected chi connectivity index (χ1v) is 8.86. The van der Waals surface area contributed by atoms with Gasteiger partial charge in [0.1, 0.15) is 0 Å². The zero-order chi connectivity index (χ0) is 19.8. The molecule has 0 heterocycles. The van der Waals surface area contributed by atoms with Crippen molar-refractivity contribution in [2.24, 2.45) is 0 Å². The van der Waals surface area contributed by atoms with E-state index in [0.29, 0.717) is 5.69 Å². The van der Waals surface area contributed by atoms with E-state index in [-0.39, 0.29) is 19.8 Å². The number of carbonyl (C=O) groups excluding carboxylic acids is 2. The Morgan fingerprint density at radius 1 is 1.00 bits per heavy atom. The molecule has 27 heavy (non-hydrogen) atoms. The maximum atomic E-state index is 12.1. The third-order valence-corrected chi connectivity index (χ3v) is 4.28. The van der Waals surface area contributed by atoms with Crippen molar-refractivity contribution in [3.05, 3.63) is 64.7 Å². The lowest BCUT2D eigenvalue weighted by molar-refractivity contribution is -0.136. The number of hydrogen-bond donors (Lipinski definition) is 3. The molecule has 144 valence electrons. The summed E-state index contributed by atoms with van der Waals surface area (Å²) in [5.41, 5.74) is 4.69. The minimum Gasteiger partial charge on any atom is -0.394 e. The zero-order valence-corrected chi connectivity index (χ0v) is 15.9. The van der Waals surface area contributed by atoms with Crippen LogP contribution in [0.15, 0.2) is 42.5 Å². The fraction of sp³-hybridized carbons (Fsp3) is 0.333. The molecule has 0 aliphatic rings. The van der Waals surface area contributed by atoms with Crippen molar-refractivity contribution in [3.8, 4) is 0 Å². The SMILES string of the molecule is Cc1ccc(C(CNC(=O)C(=O)Nc2ccc(C)c(C)c2)OCCO)cc1. The topological polar surface area (TPSA) is 87.7 Å². The Balaban J connectivity index is 1.96. The summed E-state index contributed by atoms with van der Waals surface area (Å²) in [6, 6.07) is 13.2. The fourth-order valence-corrected chi connectivity index (χ4v) is 2.52. The van der Waals surface area contributed by atoms with Crippen molar-refractivity contribution in [3.63, 3.8) is 0 Å². The van der Waals surface area contributed by atoms with Gasteiger partial charge in [-0.05, 0) is 49.6 Å². The van der Waals surface area contributed by atoms with Crippen LogP contribution >= 0.6 is 0 Å². The number of carbonyl (C=O) groups is 2. The molecule has 2 aromatic rings. The molecule has 0 aliphatic carbocycles. The molecule has 6 nitrogen and oxygen atoms in total. The summed E-state index contributed by atoms with van der Waals surface area (Å²) in [4.78, 5) is 24.2. The number of amides is 2. The van der Waals surface area contributed by atoms with Gasteiger partial charge in [0, 0.05) is 12.2 Å². The summed E-state index contributed by atoms with van der Waals surface area (Å²) in [6.45, 7) is 6.04. The Morgan fingerprint density at radius 3 is 2.33 bits per heavy atom. The van der Waals surface area contributed by atoms with Crippen LogP contribution in [0.4, 0.5) is 5.69 Å². The van der Waals surface area contributed by atoms with Gasteiger partial charge in [-0.15, -0.1) is 0 Å². The molecule has 0 aromatic heterocycles. The van der Waals surface area contributed by atoms with Crippen LogP contribution in [0.3, 0.4) is 0 Å². The van der Waals surface area contributed by atoms with Gasteiger partial charge in [0.2, 0.25) is 0 Å². The van der Waals surface area contributed by atoms with E-state index >= 15 is 0 Å². The first kappa shape index (κ1) is 20.6. The third-order valence-electron chi connectivity index (χ3n) is 4.28. The Hall–Kier alpha value is -2.70. The van der Waals surface area contributed by atoms with Gasteiger partial charge in [0.25, 0.3) is 0 Å². The third kappa shape index (κ3) is 6.20. The highest BCUT2D eigenvalue weighted by Crippen LogP contribution is 2.17. The Morgan fingerprint density at radius 2 is 1.70 bits per heavy atom. The molecule has 0 bridgehead atoms. The van der Waals surface area contributed by atoms with E-state index in [1.54, 1.807) is 6.07 Å². The summed E-state index contributed by atoms with van der Waals surface area (Å²) < 4.78 is 5.60. The average Bonchev–Trinajstić information content (AvgIpc) is 2.65. The molecule has 0 saturated carbocycles. The van der Waals surface area contributed by atoms with E-state index < -0.39 is 17.9 Å². The van der Waals surface area contributed by atoms with E-state index in [2.05, 4.69) is 10.6 Å². The summed E-state index contributed by atoms with van der Waals surface area (Å²) in [6.07, 6.45) is -0.448. The van der Waals surface area contributed by atoms with Gasteiger partial charge in [-0.1, -0.05) is 35.9 Å². The highest BCUT2D eigenvalue weighted by atomic mass is 16.5. The molecule has 2 amide bonds. The van der Waals surface area contributed by atoms with Crippen molar-refractivity contribution in [1.29, 1.82) is 0 Å². The second-order valence-electron chi connectivity index (χ2n) is 6.46. The van der Waals surface area contributed by atoms with Crippen molar-refractivity contribution in [2.75, 3.05) is 25.1 Å². The number of aliphatic hydroxyl groups excluding tert-OH is 1. The standard InChI is InChI=1S/C21H26N2O4/c1-14-4-7-17(8-5-14)19(27-11-10-24)13-22-20(25)21(26)23-18-9-6-15(2)16(3)12-18/h4-9,12,19,24H,10-11,13H2,1-3H3,(H,22,25)(H,23,26). The van der Waals surface area contributed by atoms with Gasteiger partial charge in [0.05, 0.1) is 19.3 Å². The quantitative estimate of drug-likeness (QED) is 0.653. The monoisotopic (exact) mass is 370 g/mol. The van der Waals surface area contributed by atoms with E-state index in [9.17, 15) is 9.59 Å². The molecule has 0 aliphatic heterocycles. The molecule has 1 atom stereocenters. The number of rotatable bonds is 7. The largest absolute Gasteiger partial charge is 0.394 e. The van der Waals surface area contributed by atoms with E-state index in [0.717, 1.165) is 22.3 Å². The second kappa shape index (κ2) is 9.85. The van der Waals surface area contributed by atoms with E-state index in [1.807, 2.05) is 57.2 Å². The molecule has 6 heteroatoms. The van der Waals surface area contributed by atoms with Crippen LogP contribution in [0.2, 0.25) is 0 Å². The maximum Gasteiger partial charge on any atom is 0.313 e. The van der Waals surface area contributed by atoms with Crippen LogP contribution in [-0.2, 0) is 14.3 Å². The normalized spacial score (nSPS) is 11.7. The molecular formula is C21H26N2O4. The van der Waals surface area contributed by atoms with Crippen LogP contribution in [-0.4, -0.2) is 36.7 Å². The van der Waals surface area contributed by atoms with Crippen LogP contribution < -0.4 is 10.6 Å². The number of hydrogen-bond acceptors (Lipinski definition) is 4. The lowest BCUT2D eigenvalue weighted by atomic mass is 10.1. The smallest absolute Gasteiger partial charge is 0.313 e. The molecule has 2 rings (SSSR count). The van der Waals surface area contributed by atoms with Crippen molar-refractivity contribution in [2.45, 2.75) is 26.9 Å². The highest BCUT2D eigenvalue weighted by Gasteiger charge is 2.18. The first-order valence-electron chi connectivity index (χ1n) is 8.86. The Bertz CT molecular complexity index is 787. The summed E-state index contributed by atoms with van der Waals surface area (Å²) in [5, 5.41) is 14.2. The van der Waals surface area contributed by atoms with Gasteiger partial charge >= 0.3 is 11.8 Å². The highest BCUT2D eigenvalue weighted by molar-refractivity contribution is 6.39. The molecule has 0 spiro atoms. The van der Waals surface area contributed by atoms with Crippen LogP contribution in [0.5, 0.6) is 0 Å². The van der Waals surface area contributed by atoms with Crippen LogP contribution in [0, 0.1) is 20.8 Å². The summed E-state index contributed by atoms with van der Waals surface area (Å²) in [5.74, 6) is -1.47. The number of aryl methyl sites for hydroxylation is 3. The van der Waals surface area contributed by atoms with Gasteiger partial charge < -0.3 is 20.5 Å². The number of benzene rings is 2. The zero-order valence-electron chi connectivity index (χ0n) is 15.9. The molecule has 0 saturated heterocycles. The van der Waals surface area contributed by atoms with Gasteiger partial charge in [-0.2, -0.15) is 0 Å². The lowest BCUT2D eigenvalue weighted by Gasteiger charge is -2.18. The molecule has 0 fully saturated rings. The summed E-state index contributed by atoms with van der Waals surface area (Å²) >= 11 is 0. The second-order valence-corrected chi connectivity index (χ2v) is 6.46. The first-order chi connectivity index (χ1) is 12.9. The molecule has 2 aromatic carbocycles. The van der Waals surface area contributed by atoms with E-state index in [1.165, 1.54) is 0 Å². The van der Waals surface area contributed by atoms with Gasteiger partial charge in [0.15, 0.2) is 0 Å². The van der Waals surface area contributed by atoms with Crippen molar-refractivity contribution >= 4 is 17.5 Å². The fourth-order valence-electron chi connectivity index (χ4n) is 2.52. The molecule has 0 radical (unpaired) electrons.